The van der Waals surface area contributed by atoms with Crippen LogP contribution in [-0.2, 0) is 16.0 Å². The highest BCUT2D eigenvalue weighted by molar-refractivity contribution is 5.80. The van der Waals surface area contributed by atoms with Crippen molar-refractivity contribution >= 4 is 12.1 Å². The first-order chi connectivity index (χ1) is 8.63. The Morgan fingerprint density at radius 3 is 2.61 bits per heavy atom. The fourth-order valence-corrected chi connectivity index (χ4v) is 1.34. The lowest BCUT2D eigenvalue weighted by Gasteiger charge is -2.13. The Morgan fingerprint density at radius 1 is 1.39 bits per heavy atom. The zero-order valence-electron chi connectivity index (χ0n) is 9.63. The van der Waals surface area contributed by atoms with Gasteiger partial charge in [0.15, 0.2) is 6.61 Å². The van der Waals surface area contributed by atoms with Crippen LogP contribution < -0.4 is 5.32 Å². The van der Waals surface area contributed by atoms with E-state index >= 15 is 0 Å². The molecule has 0 saturated carbocycles. The average Bonchev–Trinajstić information content (AvgIpc) is 2.36. The fourth-order valence-electron chi connectivity index (χ4n) is 1.34. The highest BCUT2D eigenvalue weighted by atomic mass is 16.5. The molecule has 1 rings (SSSR count). The molecule has 0 fully saturated rings. The summed E-state index contributed by atoms with van der Waals surface area (Å²) in [5.41, 5.74) is 0.808. The van der Waals surface area contributed by atoms with Gasteiger partial charge in [-0.05, 0) is 5.56 Å². The highest BCUT2D eigenvalue weighted by Crippen LogP contribution is 2.03. The first-order valence-electron chi connectivity index (χ1n) is 5.27. The van der Waals surface area contributed by atoms with Gasteiger partial charge in [-0.1, -0.05) is 36.3 Å². The third kappa shape index (κ3) is 4.58. The molecule has 5 heteroatoms. The largest absolute Gasteiger partial charge is 0.480 e. The van der Waals surface area contributed by atoms with Crippen molar-refractivity contribution in [2.45, 2.75) is 12.5 Å². The van der Waals surface area contributed by atoms with Gasteiger partial charge in [-0.3, -0.25) is 0 Å². The summed E-state index contributed by atoms with van der Waals surface area (Å²) in [4.78, 5) is 22.2. The van der Waals surface area contributed by atoms with Crippen molar-refractivity contribution in [3.05, 3.63) is 35.9 Å². The molecule has 1 aromatic carbocycles. The Morgan fingerprint density at radius 2 is 2.06 bits per heavy atom. The van der Waals surface area contributed by atoms with Crippen LogP contribution in [0.3, 0.4) is 0 Å². The Bertz CT molecular complexity index is 450. The summed E-state index contributed by atoms with van der Waals surface area (Å²) in [5.74, 6) is 0.992. The smallest absolute Gasteiger partial charge is 0.408 e. The van der Waals surface area contributed by atoms with Gasteiger partial charge in [-0.25, -0.2) is 9.59 Å². The summed E-state index contributed by atoms with van der Waals surface area (Å²) in [6.07, 6.45) is 4.26. The zero-order chi connectivity index (χ0) is 13.4. The molecule has 0 radical (unpaired) electrons. The molecule has 0 aromatic heterocycles. The summed E-state index contributed by atoms with van der Waals surface area (Å²) in [5, 5.41) is 11.2. The quantitative estimate of drug-likeness (QED) is 0.762. The minimum atomic E-state index is -1.13. The van der Waals surface area contributed by atoms with Gasteiger partial charge >= 0.3 is 12.1 Å². The summed E-state index contributed by atoms with van der Waals surface area (Å²) in [7, 11) is 0. The van der Waals surface area contributed by atoms with Crippen molar-refractivity contribution < 1.29 is 19.4 Å². The Labute approximate surface area is 105 Å². The number of carboxylic acid groups (broad SMARTS) is 1. The number of carbonyl (C=O) groups excluding carboxylic acids is 1. The van der Waals surface area contributed by atoms with Gasteiger partial charge < -0.3 is 15.2 Å². The van der Waals surface area contributed by atoms with Crippen LogP contribution in [0.4, 0.5) is 4.79 Å². The van der Waals surface area contributed by atoms with Gasteiger partial charge in [0.25, 0.3) is 0 Å². The summed E-state index contributed by atoms with van der Waals surface area (Å²) >= 11 is 0. The first-order valence-corrected chi connectivity index (χ1v) is 5.27. The van der Waals surface area contributed by atoms with Crippen molar-refractivity contribution in [2.75, 3.05) is 6.61 Å². The van der Waals surface area contributed by atoms with E-state index in [4.69, 9.17) is 11.5 Å². The lowest BCUT2D eigenvalue weighted by molar-refractivity contribution is -0.139. The van der Waals surface area contributed by atoms with Crippen LogP contribution >= 0.6 is 0 Å². The monoisotopic (exact) mass is 247 g/mol. The van der Waals surface area contributed by atoms with Crippen LogP contribution in [0.1, 0.15) is 5.56 Å². The number of alkyl carbamates (subject to hydrolysis) is 1. The van der Waals surface area contributed by atoms with Crippen molar-refractivity contribution in [3.63, 3.8) is 0 Å². The van der Waals surface area contributed by atoms with Gasteiger partial charge in [0, 0.05) is 6.42 Å². The molecule has 1 atom stereocenters. The van der Waals surface area contributed by atoms with E-state index in [1.807, 2.05) is 6.07 Å². The van der Waals surface area contributed by atoms with E-state index < -0.39 is 18.1 Å². The van der Waals surface area contributed by atoms with E-state index in [0.717, 1.165) is 5.56 Å². The number of nitrogens with one attached hydrogen (secondary N) is 1. The van der Waals surface area contributed by atoms with Crippen LogP contribution in [0.25, 0.3) is 0 Å². The number of amides is 1. The molecule has 0 unspecified atom stereocenters. The molecule has 0 aliphatic carbocycles. The van der Waals surface area contributed by atoms with Crippen LogP contribution in [0.5, 0.6) is 0 Å². The van der Waals surface area contributed by atoms with E-state index in [0.29, 0.717) is 0 Å². The second kappa shape index (κ2) is 6.97. The zero-order valence-corrected chi connectivity index (χ0v) is 9.63. The molecule has 1 amide bonds. The SMILES string of the molecule is C#CCOC(=O)N[C@H](Cc1ccccc1)C(=O)O. The predicted octanol–water partition coefficient (Wildman–Crippen LogP) is 1.04. The number of aliphatic carboxylic acids is 1. The highest BCUT2D eigenvalue weighted by Gasteiger charge is 2.20. The molecule has 18 heavy (non-hydrogen) atoms. The minimum absolute atomic E-state index is 0.182. The number of hydrogen-bond donors (Lipinski definition) is 2. The third-order valence-corrected chi connectivity index (χ3v) is 2.16. The van der Waals surface area contributed by atoms with Gasteiger partial charge in [-0.15, -0.1) is 6.42 Å². The maximum atomic E-state index is 11.2. The first kappa shape index (κ1) is 13.6. The van der Waals surface area contributed by atoms with Crippen molar-refractivity contribution in [1.29, 1.82) is 0 Å². The van der Waals surface area contributed by atoms with E-state index in [2.05, 4.69) is 16.0 Å². The van der Waals surface area contributed by atoms with Gasteiger partial charge in [-0.2, -0.15) is 0 Å². The second-order valence-corrected chi connectivity index (χ2v) is 3.51. The molecule has 94 valence electrons. The molecule has 0 heterocycles. The van der Waals surface area contributed by atoms with Crippen LogP contribution in [0, 0.1) is 12.3 Å². The molecule has 0 spiro atoms. The lowest BCUT2D eigenvalue weighted by Crippen LogP contribution is -2.42. The Balaban J connectivity index is 2.59. The number of carboxylic acids is 1. The van der Waals surface area contributed by atoms with Gasteiger partial charge in [0.1, 0.15) is 6.04 Å². The number of rotatable bonds is 5. The maximum Gasteiger partial charge on any atom is 0.408 e. The molecule has 0 aliphatic heterocycles. The molecular formula is C13H13NO4. The second-order valence-electron chi connectivity index (χ2n) is 3.51. The molecule has 0 aliphatic rings. The van der Waals surface area contributed by atoms with E-state index in [-0.39, 0.29) is 13.0 Å². The van der Waals surface area contributed by atoms with Gasteiger partial charge in [0.2, 0.25) is 0 Å². The lowest BCUT2D eigenvalue weighted by atomic mass is 10.1. The van der Waals surface area contributed by atoms with Crippen molar-refractivity contribution in [2.24, 2.45) is 0 Å². The molecule has 5 nitrogen and oxygen atoms in total. The fraction of sp³-hybridized carbons (Fsp3) is 0.231. The number of benzene rings is 1. The molecule has 0 bridgehead atoms. The summed E-state index contributed by atoms with van der Waals surface area (Å²) in [6, 6.07) is 7.94. The van der Waals surface area contributed by atoms with E-state index in [9.17, 15) is 9.59 Å². The Hall–Kier alpha value is -2.48. The minimum Gasteiger partial charge on any atom is -0.480 e. The predicted molar refractivity (Wildman–Crippen MR) is 64.9 cm³/mol. The standard InChI is InChI=1S/C13H13NO4/c1-2-8-18-13(17)14-11(12(15)16)9-10-6-4-3-5-7-10/h1,3-7,11H,8-9H2,(H,14,17)(H,15,16)/t11-/m1/s1. The summed E-state index contributed by atoms with van der Waals surface area (Å²) < 4.78 is 4.56. The molecule has 2 N–H and O–H groups in total. The number of hydrogen-bond acceptors (Lipinski definition) is 3. The van der Waals surface area contributed by atoms with Crippen molar-refractivity contribution in [1.82, 2.24) is 5.32 Å². The molecule has 1 aromatic rings. The third-order valence-electron chi connectivity index (χ3n) is 2.16. The number of carbonyl (C=O) groups is 2. The van der Waals surface area contributed by atoms with E-state index in [1.165, 1.54) is 0 Å². The van der Waals surface area contributed by atoms with Crippen LogP contribution in [0.2, 0.25) is 0 Å². The maximum absolute atomic E-state index is 11.2. The molecule has 0 saturated heterocycles. The molecular weight excluding hydrogens is 234 g/mol. The normalized spacial score (nSPS) is 11.1. The summed E-state index contributed by atoms with van der Waals surface area (Å²) in [6.45, 7) is -0.191. The number of ether oxygens (including phenoxy) is 1. The van der Waals surface area contributed by atoms with E-state index in [1.54, 1.807) is 24.3 Å². The number of terminal acetylenes is 1. The van der Waals surface area contributed by atoms with Crippen LogP contribution in [0.15, 0.2) is 30.3 Å². The average molecular weight is 247 g/mol. The Kier molecular flexibility index (Phi) is 5.26. The van der Waals surface area contributed by atoms with Crippen molar-refractivity contribution in [3.8, 4) is 12.3 Å². The topological polar surface area (TPSA) is 75.6 Å². The van der Waals surface area contributed by atoms with Crippen LogP contribution in [-0.4, -0.2) is 29.8 Å². The van der Waals surface area contributed by atoms with Gasteiger partial charge in [0.05, 0.1) is 0 Å².